The normalized spacial score (nSPS) is 11.5. The quantitative estimate of drug-likeness (QED) is 0.706. The molecular weight excluding hydrogens is 254 g/mol. The van der Waals surface area contributed by atoms with Crippen molar-refractivity contribution in [1.29, 1.82) is 0 Å². The van der Waals surface area contributed by atoms with Gasteiger partial charge in [0.2, 0.25) is 0 Å². The van der Waals surface area contributed by atoms with Gasteiger partial charge < -0.3 is 5.32 Å². The monoisotopic (exact) mass is 283 g/mol. The van der Waals surface area contributed by atoms with Crippen molar-refractivity contribution in [2.24, 2.45) is 0 Å². The van der Waals surface area contributed by atoms with Crippen LogP contribution in [0.5, 0.6) is 0 Å². The standard InChI is InChI=1S/C15H29N3S/c1-6-14-13(11-16-12(3)4)15(7-2)18(17-14)9-8-10-19-5/h12,16H,6-11H2,1-5H3. The molecule has 0 saturated carbocycles. The summed E-state index contributed by atoms with van der Waals surface area (Å²) < 4.78 is 2.24. The molecule has 0 amide bonds. The van der Waals surface area contributed by atoms with Crippen LogP contribution in [0.15, 0.2) is 0 Å². The van der Waals surface area contributed by atoms with Gasteiger partial charge >= 0.3 is 0 Å². The Hall–Kier alpha value is -0.480. The highest BCUT2D eigenvalue weighted by molar-refractivity contribution is 7.98. The number of rotatable bonds is 9. The van der Waals surface area contributed by atoms with Crippen LogP contribution in [0.2, 0.25) is 0 Å². The molecule has 1 aromatic rings. The van der Waals surface area contributed by atoms with Crippen LogP contribution in [0.1, 0.15) is 51.1 Å². The van der Waals surface area contributed by atoms with Crippen molar-refractivity contribution in [2.45, 2.75) is 66.1 Å². The molecule has 1 aromatic heterocycles. The molecule has 1 heterocycles. The second-order valence-corrected chi connectivity index (χ2v) is 6.17. The smallest absolute Gasteiger partial charge is 0.0669 e. The first kappa shape index (κ1) is 16.6. The highest BCUT2D eigenvalue weighted by atomic mass is 32.2. The minimum absolute atomic E-state index is 0.522. The van der Waals surface area contributed by atoms with Crippen LogP contribution >= 0.6 is 11.8 Å². The second kappa shape index (κ2) is 8.64. The van der Waals surface area contributed by atoms with E-state index in [1.165, 1.54) is 29.1 Å². The van der Waals surface area contributed by atoms with Crippen molar-refractivity contribution in [3.8, 4) is 0 Å². The maximum absolute atomic E-state index is 4.82. The lowest BCUT2D eigenvalue weighted by atomic mass is 10.1. The van der Waals surface area contributed by atoms with E-state index < -0.39 is 0 Å². The third-order valence-corrected chi connectivity index (χ3v) is 4.02. The summed E-state index contributed by atoms with van der Waals surface area (Å²) in [6.07, 6.45) is 5.47. The Kier molecular flexibility index (Phi) is 7.54. The Balaban J connectivity index is 2.86. The van der Waals surface area contributed by atoms with Crippen molar-refractivity contribution >= 4 is 11.8 Å². The number of nitrogens with zero attached hydrogens (tertiary/aromatic N) is 2. The van der Waals surface area contributed by atoms with Gasteiger partial charge in [0.25, 0.3) is 0 Å². The van der Waals surface area contributed by atoms with E-state index in [-0.39, 0.29) is 0 Å². The number of nitrogens with one attached hydrogen (secondary N) is 1. The minimum atomic E-state index is 0.522. The average molecular weight is 283 g/mol. The van der Waals surface area contributed by atoms with Crippen LogP contribution in [0.3, 0.4) is 0 Å². The minimum Gasteiger partial charge on any atom is -0.310 e. The molecule has 0 atom stereocenters. The van der Waals surface area contributed by atoms with Gasteiger partial charge in [-0.15, -0.1) is 0 Å². The third kappa shape index (κ3) is 4.84. The Morgan fingerprint density at radius 1 is 1.26 bits per heavy atom. The third-order valence-electron chi connectivity index (χ3n) is 3.32. The molecule has 4 heteroatoms. The average Bonchev–Trinajstić information content (AvgIpc) is 2.73. The Bertz CT molecular complexity index is 372. The van der Waals surface area contributed by atoms with Crippen LogP contribution in [0.25, 0.3) is 0 Å². The number of hydrogen-bond donors (Lipinski definition) is 1. The Morgan fingerprint density at radius 3 is 2.53 bits per heavy atom. The van der Waals surface area contributed by atoms with Gasteiger partial charge in [-0.2, -0.15) is 16.9 Å². The summed E-state index contributed by atoms with van der Waals surface area (Å²) >= 11 is 1.91. The molecule has 0 unspecified atom stereocenters. The molecule has 0 fully saturated rings. The van der Waals surface area contributed by atoms with Crippen molar-refractivity contribution < 1.29 is 0 Å². The lowest BCUT2D eigenvalue weighted by Gasteiger charge is -2.11. The van der Waals surface area contributed by atoms with Crippen LogP contribution in [-0.4, -0.2) is 27.8 Å². The van der Waals surface area contributed by atoms with Gasteiger partial charge in [0.05, 0.1) is 5.69 Å². The van der Waals surface area contributed by atoms with Gasteiger partial charge in [-0.25, -0.2) is 0 Å². The second-order valence-electron chi connectivity index (χ2n) is 5.18. The molecule has 0 saturated heterocycles. The van der Waals surface area contributed by atoms with Crippen LogP contribution in [0.4, 0.5) is 0 Å². The lowest BCUT2D eigenvalue weighted by molar-refractivity contribution is 0.566. The first-order chi connectivity index (χ1) is 9.13. The molecule has 0 aliphatic carbocycles. The van der Waals surface area contributed by atoms with E-state index >= 15 is 0 Å². The predicted molar refractivity (Wildman–Crippen MR) is 86.0 cm³/mol. The number of aryl methyl sites for hydroxylation is 2. The fourth-order valence-corrected chi connectivity index (χ4v) is 2.74. The van der Waals surface area contributed by atoms with Crippen LogP contribution < -0.4 is 5.32 Å². The van der Waals surface area contributed by atoms with Crippen LogP contribution in [-0.2, 0) is 25.9 Å². The van der Waals surface area contributed by atoms with Crippen molar-refractivity contribution in [1.82, 2.24) is 15.1 Å². The molecule has 0 radical (unpaired) electrons. The van der Waals surface area contributed by atoms with Crippen molar-refractivity contribution in [3.05, 3.63) is 17.0 Å². The van der Waals surface area contributed by atoms with Gasteiger partial charge in [0, 0.05) is 30.4 Å². The van der Waals surface area contributed by atoms with E-state index in [0.717, 1.165) is 25.9 Å². The molecule has 0 spiro atoms. The van der Waals surface area contributed by atoms with Gasteiger partial charge in [-0.1, -0.05) is 27.7 Å². The zero-order chi connectivity index (χ0) is 14.3. The molecule has 0 aliphatic heterocycles. The summed E-state index contributed by atoms with van der Waals surface area (Å²) in [6.45, 7) is 10.8. The zero-order valence-corrected chi connectivity index (χ0v) is 13.9. The first-order valence-electron chi connectivity index (χ1n) is 7.43. The summed E-state index contributed by atoms with van der Waals surface area (Å²) in [5, 5.41) is 8.35. The molecule has 19 heavy (non-hydrogen) atoms. The fraction of sp³-hybridized carbons (Fsp3) is 0.800. The summed E-state index contributed by atoms with van der Waals surface area (Å²) in [5.41, 5.74) is 4.13. The van der Waals surface area contributed by atoms with E-state index in [1.54, 1.807) is 0 Å². The van der Waals surface area contributed by atoms with Crippen molar-refractivity contribution in [3.63, 3.8) is 0 Å². The maximum atomic E-state index is 4.82. The summed E-state index contributed by atoms with van der Waals surface area (Å²) in [7, 11) is 0. The summed E-state index contributed by atoms with van der Waals surface area (Å²) in [4.78, 5) is 0. The molecule has 110 valence electrons. The van der Waals surface area contributed by atoms with Gasteiger partial charge in [0.15, 0.2) is 0 Å². The van der Waals surface area contributed by atoms with E-state index in [1.807, 2.05) is 11.8 Å². The molecule has 3 nitrogen and oxygen atoms in total. The van der Waals surface area contributed by atoms with E-state index in [4.69, 9.17) is 5.10 Å². The summed E-state index contributed by atoms with van der Waals surface area (Å²) in [6, 6.07) is 0.522. The molecule has 1 N–H and O–H groups in total. The lowest BCUT2D eigenvalue weighted by Crippen LogP contribution is -2.23. The zero-order valence-electron chi connectivity index (χ0n) is 13.1. The summed E-state index contributed by atoms with van der Waals surface area (Å²) in [5.74, 6) is 1.21. The van der Waals surface area contributed by atoms with E-state index in [9.17, 15) is 0 Å². The maximum Gasteiger partial charge on any atom is 0.0669 e. The molecular formula is C15H29N3S. The van der Waals surface area contributed by atoms with Crippen molar-refractivity contribution in [2.75, 3.05) is 12.0 Å². The SMILES string of the molecule is CCc1nn(CCCSC)c(CC)c1CNC(C)C. The Labute approximate surface area is 122 Å². The molecule has 1 rings (SSSR count). The Morgan fingerprint density at radius 2 is 2.00 bits per heavy atom. The van der Waals surface area contributed by atoms with Gasteiger partial charge in [-0.05, 0) is 31.3 Å². The van der Waals surface area contributed by atoms with Gasteiger partial charge in [0.1, 0.15) is 0 Å². The van der Waals surface area contributed by atoms with Gasteiger partial charge in [-0.3, -0.25) is 4.68 Å². The number of aromatic nitrogens is 2. The highest BCUT2D eigenvalue weighted by Crippen LogP contribution is 2.17. The highest BCUT2D eigenvalue weighted by Gasteiger charge is 2.15. The molecule has 0 aliphatic rings. The fourth-order valence-electron chi connectivity index (χ4n) is 2.32. The largest absolute Gasteiger partial charge is 0.310 e. The topological polar surface area (TPSA) is 29.9 Å². The van der Waals surface area contributed by atoms with E-state index in [0.29, 0.717) is 6.04 Å². The van der Waals surface area contributed by atoms with E-state index in [2.05, 4.69) is 43.9 Å². The number of thioether (sulfide) groups is 1. The number of hydrogen-bond acceptors (Lipinski definition) is 3. The predicted octanol–water partition coefficient (Wildman–Crippen LogP) is 3.26. The van der Waals surface area contributed by atoms with Crippen LogP contribution in [0, 0.1) is 0 Å². The molecule has 0 aromatic carbocycles. The molecule has 0 bridgehead atoms. The first-order valence-corrected chi connectivity index (χ1v) is 8.83.